The van der Waals surface area contributed by atoms with Gasteiger partial charge in [0.2, 0.25) is 0 Å². The first kappa shape index (κ1) is 12.9. The Morgan fingerprint density at radius 2 is 1.74 bits per heavy atom. The minimum Gasteiger partial charge on any atom is -0.370 e. The number of hydrogen-bond acceptors (Lipinski definition) is 1. The van der Waals surface area contributed by atoms with Crippen molar-refractivity contribution in [3.63, 3.8) is 0 Å². The minimum atomic E-state index is -0.165. The molecule has 1 saturated heterocycles. The highest BCUT2D eigenvalue weighted by atomic mass is 79.9. The van der Waals surface area contributed by atoms with Crippen molar-refractivity contribution in [2.24, 2.45) is 0 Å². The summed E-state index contributed by atoms with van der Waals surface area (Å²) in [5.41, 5.74) is 2.47. The molecule has 3 rings (SSSR count). The van der Waals surface area contributed by atoms with Crippen LogP contribution in [0, 0.1) is 0 Å². The van der Waals surface area contributed by atoms with E-state index in [0.717, 1.165) is 17.5 Å². The summed E-state index contributed by atoms with van der Waals surface area (Å²) in [5.74, 6) is 0.495. The lowest BCUT2D eigenvalue weighted by molar-refractivity contribution is 0.0164. The van der Waals surface area contributed by atoms with Gasteiger partial charge < -0.3 is 4.74 Å². The molecule has 98 valence electrons. The molecule has 1 aliphatic rings. The third-order valence-electron chi connectivity index (χ3n) is 3.96. The summed E-state index contributed by atoms with van der Waals surface area (Å²) in [5, 5.41) is 0. The van der Waals surface area contributed by atoms with Crippen LogP contribution in [0.5, 0.6) is 0 Å². The predicted octanol–water partition coefficient (Wildman–Crippen LogP) is 4.87. The molecule has 0 aromatic heterocycles. The third kappa shape index (κ3) is 2.60. The zero-order valence-corrected chi connectivity index (χ0v) is 12.6. The van der Waals surface area contributed by atoms with E-state index < -0.39 is 0 Å². The zero-order valence-electron chi connectivity index (χ0n) is 11.0. The molecular weight excluding hydrogens is 300 g/mol. The molecule has 1 aliphatic heterocycles. The number of rotatable bonds is 2. The van der Waals surface area contributed by atoms with Crippen LogP contribution in [0.3, 0.4) is 0 Å². The second-order valence-corrected chi connectivity index (χ2v) is 6.28. The maximum Gasteiger partial charge on any atom is 0.0910 e. The summed E-state index contributed by atoms with van der Waals surface area (Å²) in [6.45, 7) is 3.00. The molecule has 0 saturated carbocycles. The Balaban J connectivity index is 1.83. The van der Waals surface area contributed by atoms with Gasteiger partial charge in [0, 0.05) is 10.4 Å². The van der Waals surface area contributed by atoms with E-state index in [4.69, 9.17) is 4.74 Å². The fourth-order valence-electron chi connectivity index (χ4n) is 2.82. The Bertz CT molecular complexity index is 549. The molecule has 0 amide bonds. The second-order valence-electron chi connectivity index (χ2n) is 5.36. The lowest BCUT2D eigenvalue weighted by Crippen LogP contribution is -2.19. The molecule has 0 aliphatic carbocycles. The van der Waals surface area contributed by atoms with Gasteiger partial charge in [0.1, 0.15) is 0 Å². The van der Waals surface area contributed by atoms with Gasteiger partial charge in [-0.25, -0.2) is 0 Å². The summed E-state index contributed by atoms with van der Waals surface area (Å²) in [7, 11) is 0. The standard InChI is InChI=1S/C17H17BrO/c1-17(15-7-9-16(18)10-8-15)11-14(12-19-17)13-5-3-2-4-6-13/h2-10,14H,11-12H2,1H3/t14-,17-/m1/s1. The summed E-state index contributed by atoms with van der Waals surface area (Å²) in [6.07, 6.45) is 1.04. The molecule has 1 fully saturated rings. The van der Waals surface area contributed by atoms with Crippen LogP contribution in [0.4, 0.5) is 0 Å². The maximum atomic E-state index is 6.12. The Hall–Kier alpha value is -1.12. The monoisotopic (exact) mass is 316 g/mol. The van der Waals surface area contributed by atoms with Crippen LogP contribution in [-0.4, -0.2) is 6.61 Å². The van der Waals surface area contributed by atoms with E-state index in [1.54, 1.807) is 0 Å². The van der Waals surface area contributed by atoms with Gasteiger partial charge in [-0.2, -0.15) is 0 Å². The summed E-state index contributed by atoms with van der Waals surface area (Å²) in [4.78, 5) is 0. The van der Waals surface area contributed by atoms with Gasteiger partial charge >= 0.3 is 0 Å². The summed E-state index contributed by atoms with van der Waals surface area (Å²) < 4.78 is 7.23. The van der Waals surface area contributed by atoms with E-state index in [9.17, 15) is 0 Å². The Kier molecular flexibility index (Phi) is 3.46. The molecule has 0 spiro atoms. The fraction of sp³-hybridized carbons (Fsp3) is 0.294. The SMILES string of the molecule is C[C@]1(c2ccc(Br)cc2)C[C@@H](c2ccccc2)CO1. The van der Waals surface area contributed by atoms with Gasteiger partial charge in [-0.15, -0.1) is 0 Å². The van der Waals surface area contributed by atoms with Crippen LogP contribution in [0.15, 0.2) is 59.1 Å². The van der Waals surface area contributed by atoms with Crippen LogP contribution in [0.2, 0.25) is 0 Å². The highest BCUT2D eigenvalue weighted by Gasteiger charge is 2.38. The van der Waals surface area contributed by atoms with Crippen LogP contribution in [0.1, 0.15) is 30.4 Å². The maximum absolute atomic E-state index is 6.12. The van der Waals surface area contributed by atoms with Gasteiger partial charge in [-0.3, -0.25) is 0 Å². The zero-order chi connectivity index (χ0) is 13.3. The van der Waals surface area contributed by atoms with E-state index in [1.165, 1.54) is 11.1 Å². The Morgan fingerprint density at radius 1 is 1.05 bits per heavy atom. The number of halogens is 1. The van der Waals surface area contributed by atoms with E-state index in [2.05, 4.69) is 77.5 Å². The quantitative estimate of drug-likeness (QED) is 0.768. The van der Waals surface area contributed by atoms with Crippen LogP contribution < -0.4 is 0 Å². The number of ether oxygens (including phenoxy) is 1. The number of hydrogen-bond donors (Lipinski definition) is 0. The van der Waals surface area contributed by atoms with Crippen molar-refractivity contribution in [2.45, 2.75) is 24.9 Å². The van der Waals surface area contributed by atoms with E-state index in [0.29, 0.717) is 5.92 Å². The molecule has 2 heteroatoms. The van der Waals surface area contributed by atoms with Gasteiger partial charge in [0.05, 0.1) is 12.2 Å². The number of benzene rings is 2. The topological polar surface area (TPSA) is 9.23 Å². The molecule has 0 N–H and O–H groups in total. The van der Waals surface area contributed by atoms with E-state index >= 15 is 0 Å². The van der Waals surface area contributed by atoms with E-state index in [-0.39, 0.29) is 5.60 Å². The van der Waals surface area contributed by atoms with Crippen molar-refractivity contribution < 1.29 is 4.74 Å². The van der Waals surface area contributed by atoms with Crippen molar-refractivity contribution in [2.75, 3.05) is 6.61 Å². The van der Waals surface area contributed by atoms with Crippen LogP contribution >= 0.6 is 15.9 Å². The van der Waals surface area contributed by atoms with Crippen LogP contribution in [-0.2, 0) is 10.3 Å². The van der Waals surface area contributed by atoms with Crippen molar-refractivity contribution in [1.82, 2.24) is 0 Å². The molecule has 1 heterocycles. The van der Waals surface area contributed by atoms with Gasteiger partial charge in [-0.05, 0) is 36.6 Å². The Labute approximate surface area is 122 Å². The predicted molar refractivity (Wildman–Crippen MR) is 81.2 cm³/mol. The van der Waals surface area contributed by atoms with Crippen molar-refractivity contribution >= 4 is 15.9 Å². The molecule has 0 bridgehead atoms. The Morgan fingerprint density at radius 3 is 2.42 bits per heavy atom. The molecule has 2 aromatic carbocycles. The van der Waals surface area contributed by atoms with Crippen LogP contribution in [0.25, 0.3) is 0 Å². The first-order valence-corrected chi connectivity index (χ1v) is 7.42. The molecular formula is C17H17BrO. The lowest BCUT2D eigenvalue weighted by Gasteiger charge is -2.24. The van der Waals surface area contributed by atoms with Crippen molar-refractivity contribution in [1.29, 1.82) is 0 Å². The smallest absolute Gasteiger partial charge is 0.0910 e. The second kappa shape index (κ2) is 5.10. The van der Waals surface area contributed by atoms with Crippen molar-refractivity contribution in [3.8, 4) is 0 Å². The van der Waals surface area contributed by atoms with Gasteiger partial charge in [0.25, 0.3) is 0 Å². The normalized spacial score (nSPS) is 26.5. The average Bonchev–Trinajstić information content (AvgIpc) is 2.84. The van der Waals surface area contributed by atoms with Gasteiger partial charge in [0.15, 0.2) is 0 Å². The highest BCUT2D eigenvalue weighted by Crippen LogP contribution is 2.43. The molecule has 0 radical (unpaired) electrons. The fourth-order valence-corrected chi connectivity index (χ4v) is 3.08. The van der Waals surface area contributed by atoms with Gasteiger partial charge in [-0.1, -0.05) is 58.4 Å². The first-order chi connectivity index (χ1) is 9.17. The molecule has 0 unspecified atom stereocenters. The first-order valence-electron chi connectivity index (χ1n) is 6.62. The summed E-state index contributed by atoms with van der Waals surface area (Å²) in [6, 6.07) is 19.1. The average molecular weight is 317 g/mol. The minimum absolute atomic E-state index is 0.165. The molecule has 1 nitrogen and oxygen atoms in total. The van der Waals surface area contributed by atoms with E-state index in [1.807, 2.05) is 0 Å². The molecule has 19 heavy (non-hydrogen) atoms. The van der Waals surface area contributed by atoms with Crippen molar-refractivity contribution in [3.05, 3.63) is 70.2 Å². The molecule has 2 atom stereocenters. The summed E-state index contributed by atoms with van der Waals surface area (Å²) >= 11 is 3.48. The lowest BCUT2D eigenvalue weighted by atomic mass is 9.86. The molecule has 2 aromatic rings. The third-order valence-corrected chi connectivity index (χ3v) is 4.49. The highest BCUT2D eigenvalue weighted by molar-refractivity contribution is 9.10. The largest absolute Gasteiger partial charge is 0.370 e.